The predicted molar refractivity (Wildman–Crippen MR) is 55.2 cm³/mol. The van der Waals surface area contributed by atoms with Crippen LogP contribution in [0.5, 0.6) is 0 Å². The topological polar surface area (TPSA) is 0 Å². The lowest BCUT2D eigenvalue weighted by Gasteiger charge is -2.16. The Morgan fingerprint density at radius 1 is 1.17 bits per heavy atom. The third-order valence-electron chi connectivity index (χ3n) is 2.86. The van der Waals surface area contributed by atoms with Crippen LogP contribution in [0.25, 0.3) is 0 Å². The summed E-state index contributed by atoms with van der Waals surface area (Å²) in [6, 6.07) is 0. The van der Waals surface area contributed by atoms with Gasteiger partial charge in [-0.1, -0.05) is 44.8 Å². The highest BCUT2D eigenvalue weighted by Gasteiger charge is 2.07. The molecule has 0 heterocycles. The normalized spacial score (nSPS) is 27.6. The van der Waals surface area contributed by atoms with E-state index in [9.17, 15) is 0 Å². The van der Waals surface area contributed by atoms with Gasteiger partial charge in [-0.2, -0.15) is 0 Å². The lowest BCUT2D eigenvalue weighted by Crippen LogP contribution is -2.01. The monoisotopic (exact) mass is 166 g/mol. The second-order valence-electron chi connectivity index (χ2n) is 3.99. The van der Waals surface area contributed by atoms with E-state index in [2.05, 4.69) is 19.1 Å². The molecule has 0 nitrogen and oxygen atoms in total. The minimum atomic E-state index is 1.04. The number of rotatable bonds is 3. The molecule has 12 heavy (non-hydrogen) atoms. The van der Waals surface area contributed by atoms with Gasteiger partial charge in [0, 0.05) is 0 Å². The smallest absolute Gasteiger partial charge is 0.0348 e. The molecule has 1 unspecified atom stereocenters. The van der Waals surface area contributed by atoms with E-state index in [4.69, 9.17) is 0 Å². The summed E-state index contributed by atoms with van der Waals surface area (Å²) in [7, 11) is 0. The van der Waals surface area contributed by atoms with Gasteiger partial charge in [0.15, 0.2) is 0 Å². The van der Waals surface area contributed by atoms with Crippen LogP contribution < -0.4 is 0 Å². The Morgan fingerprint density at radius 2 is 2.00 bits per heavy atom. The van der Waals surface area contributed by atoms with Crippen molar-refractivity contribution in [1.29, 1.82) is 0 Å². The molecule has 0 fully saturated rings. The van der Waals surface area contributed by atoms with E-state index in [0.717, 1.165) is 5.92 Å². The number of allylic oxidation sites excluding steroid dienone is 2. The summed E-state index contributed by atoms with van der Waals surface area (Å²) in [5, 5.41) is 0. The molecule has 0 spiro atoms. The lowest BCUT2D eigenvalue weighted by molar-refractivity contribution is 0.395. The Morgan fingerprint density at radius 3 is 2.83 bits per heavy atom. The molecule has 0 saturated carbocycles. The van der Waals surface area contributed by atoms with Crippen molar-refractivity contribution in [3.63, 3.8) is 0 Å². The highest BCUT2D eigenvalue weighted by Crippen LogP contribution is 2.23. The van der Waals surface area contributed by atoms with Crippen molar-refractivity contribution >= 4 is 0 Å². The molecule has 0 bridgehead atoms. The first-order valence-electron chi connectivity index (χ1n) is 5.58. The fraction of sp³-hybridized carbons (Fsp3) is 0.833. The van der Waals surface area contributed by atoms with Crippen molar-refractivity contribution in [1.82, 2.24) is 0 Å². The molecule has 1 aliphatic rings. The minimum absolute atomic E-state index is 1.04. The molecule has 0 aromatic heterocycles. The molecule has 0 radical (unpaired) electrons. The second-order valence-corrected chi connectivity index (χ2v) is 3.99. The van der Waals surface area contributed by atoms with Crippen LogP contribution in [0.2, 0.25) is 0 Å². The van der Waals surface area contributed by atoms with Gasteiger partial charge in [0.1, 0.15) is 0 Å². The number of unbranched alkanes of at least 4 members (excludes halogenated alkanes) is 1. The van der Waals surface area contributed by atoms with Crippen LogP contribution >= 0.6 is 0 Å². The predicted octanol–water partition coefficient (Wildman–Crippen LogP) is 4.31. The molecular formula is C12H22. The number of hydrogen-bond acceptors (Lipinski definition) is 0. The van der Waals surface area contributed by atoms with Crippen molar-refractivity contribution < 1.29 is 0 Å². The van der Waals surface area contributed by atoms with E-state index in [1.165, 1.54) is 51.4 Å². The number of hydrogen-bond donors (Lipinski definition) is 0. The van der Waals surface area contributed by atoms with Crippen LogP contribution in [-0.2, 0) is 0 Å². The third-order valence-corrected chi connectivity index (χ3v) is 2.86. The van der Waals surface area contributed by atoms with Crippen LogP contribution in [0.4, 0.5) is 0 Å². The van der Waals surface area contributed by atoms with E-state index >= 15 is 0 Å². The average Bonchev–Trinajstić information content (AvgIpc) is 2.02. The Hall–Kier alpha value is -0.260. The molecule has 0 heteroatoms. The summed E-state index contributed by atoms with van der Waals surface area (Å²) in [6.07, 6.45) is 16.0. The highest BCUT2D eigenvalue weighted by molar-refractivity contribution is 4.84. The first-order chi connectivity index (χ1) is 5.93. The zero-order valence-corrected chi connectivity index (χ0v) is 8.39. The highest BCUT2D eigenvalue weighted by atomic mass is 14.1. The first kappa shape index (κ1) is 9.83. The standard InChI is InChI=1S/C12H22/c1-2-3-9-12-10-7-5-4-6-8-11-12/h4-5,12H,2-3,6-11H2,1H3/b5-4+. The van der Waals surface area contributed by atoms with Crippen molar-refractivity contribution in [2.24, 2.45) is 5.92 Å². The van der Waals surface area contributed by atoms with E-state index < -0.39 is 0 Å². The van der Waals surface area contributed by atoms with Crippen molar-refractivity contribution in [3.05, 3.63) is 12.2 Å². The van der Waals surface area contributed by atoms with Crippen molar-refractivity contribution in [2.45, 2.75) is 58.3 Å². The Labute approximate surface area is 77.1 Å². The minimum Gasteiger partial charge on any atom is -0.0885 e. The van der Waals surface area contributed by atoms with E-state index in [0.29, 0.717) is 0 Å². The summed E-state index contributed by atoms with van der Waals surface area (Å²) in [5.74, 6) is 1.04. The van der Waals surface area contributed by atoms with Gasteiger partial charge >= 0.3 is 0 Å². The van der Waals surface area contributed by atoms with Crippen LogP contribution in [0.15, 0.2) is 12.2 Å². The SMILES string of the molecule is CCCCC1CC/C=C/CCC1. The van der Waals surface area contributed by atoms with Crippen molar-refractivity contribution in [2.75, 3.05) is 0 Å². The molecular weight excluding hydrogens is 144 g/mol. The zero-order valence-electron chi connectivity index (χ0n) is 8.39. The molecule has 0 aromatic carbocycles. The van der Waals surface area contributed by atoms with Gasteiger partial charge in [-0.25, -0.2) is 0 Å². The van der Waals surface area contributed by atoms with Crippen LogP contribution in [0, 0.1) is 5.92 Å². The van der Waals surface area contributed by atoms with E-state index in [1.807, 2.05) is 0 Å². The third kappa shape index (κ3) is 3.94. The summed E-state index contributed by atoms with van der Waals surface area (Å²) in [6.45, 7) is 2.29. The molecule has 1 aliphatic carbocycles. The van der Waals surface area contributed by atoms with Crippen LogP contribution in [0.3, 0.4) is 0 Å². The van der Waals surface area contributed by atoms with E-state index in [-0.39, 0.29) is 0 Å². The molecule has 0 N–H and O–H groups in total. The molecule has 0 saturated heterocycles. The quantitative estimate of drug-likeness (QED) is 0.548. The van der Waals surface area contributed by atoms with Gasteiger partial charge in [-0.3, -0.25) is 0 Å². The van der Waals surface area contributed by atoms with Gasteiger partial charge in [-0.15, -0.1) is 0 Å². The molecule has 1 atom stereocenters. The van der Waals surface area contributed by atoms with Crippen LogP contribution in [0.1, 0.15) is 58.3 Å². The van der Waals surface area contributed by atoms with Gasteiger partial charge in [-0.05, 0) is 31.6 Å². The largest absolute Gasteiger partial charge is 0.0885 e. The van der Waals surface area contributed by atoms with Crippen molar-refractivity contribution in [3.8, 4) is 0 Å². The molecule has 0 aromatic rings. The summed E-state index contributed by atoms with van der Waals surface area (Å²) < 4.78 is 0. The van der Waals surface area contributed by atoms with Crippen LogP contribution in [-0.4, -0.2) is 0 Å². The Kier molecular flexibility index (Phi) is 5.14. The zero-order chi connectivity index (χ0) is 8.65. The Balaban J connectivity index is 2.18. The van der Waals surface area contributed by atoms with Gasteiger partial charge in [0.2, 0.25) is 0 Å². The molecule has 0 aliphatic heterocycles. The fourth-order valence-corrected chi connectivity index (χ4v) is 2.02. The molecule has 0 amide bonds. The maximum absolute atomic E-state index is 2.37. The van der Waals surface area contributed by atoms with Gasteiger partial charge in [0.25, 0.3) is 0 Å². The molecule has 70 valence electrons. The van der Waals surface area contributed by atoms with Gasteiger partial charge in [0.05, 0.1) is 0 Å². The summed E-state index contributed by atoms with van der Waals surface area (Å²) >= 11 is 0. The maximum Gasteiger partial charge on any atom is -0.0348 e. The van der Waals surface area contributed by atoms with Gasteiger partial charge < -0.3 is 0 Å². The summed E-state index contributed by atoms with van der Waals surface area (Å²) in [4.78, 5) is 0. The Bertz CT molecular complexity index is 124. The fourth-order valence-electron chi connectivity index (χ4n) is 2.02. The maximum atomic E-state index is 2.37. The first-order valence-corrected chi connectivity index (χ1v) is 5.58. The van der Waals surface area contributed by atoms with E-state index in [1.54, 1.807) is 0 Å². The summed E-state index contributed by atoms with van der Waals surface area (Å²) in [5.41, 5.74) is 0. The lowest BCUT2D eigenvalue weighted by atomic mass is 9.90. The molecule has 1 rings (SSSR count). The average molecular weight is 166 g/mol. The second kappa shape index (κ2) is 6.28.